The summed E-state index contributed by atoms with van der Waals surface area (Å²) in [7, 11) is 1.29. The lowest BCUT2D eigenvalue weighted by molar-refractivity contribution is 0.0600. The van der Waals surface area contributed by atoms with Crippen LogP contribution >= 0.6 is 0 Å². The first kappa shape index (κ1) is 15.0. The third-order valence-electron chi connectivity index (χ3n) is 3.32. The summed E-state index contributed by atoms with van der Waals surface area (Å²) in [4.78, 5) is 36.4. The predicted octanol–water partition coefficient (Wildman–Crippen LogP) is 1.89. The van der Waals surface area contributed by atoms with Crippen molar-refractivity contribution in [3.63, 3.8) is 0 Å². The zero-order valence-corrected chi connectivity index (χ0v) is 11.8. The summed E-state index contributed by atoms with van der Waals surface area (Å²) >= 11 is 0. The molecule has 0 spiro atoms. The number of rotatable bonds is 4. The van der Waals surface area contributed by atoms with Crippen molar-refractivity contribution in [2.45, 2.75) is 12.8 Å². The van der Waals surface area contributed by atoms with Crippen molar-refractivity contribution < 1.29 is 23.9 Å². The fourth-order valence-corrected chi connectivity index (χ4v) is 2.11. The first-order valence-electron chi connectivity index (χ1n) is 6.75. The summed E-state index contributed by atoms with van der Waals surface area (Å²) in [5, 5.41) is 0. The van der Waals surface area contributed by atoms with Crippen LogP contribution in [0.3, 0.4) is 0 Å². The molecule has 112 valence electrons. The second-order valence-electron chi connectivity index (χ2n) is 4.74. The monoisotopic (exact) mass is 291 g/mol. The van der Waals surface area contributed by atoms with E-state index in [1.807, 2.05) is 0 Å². The highest BCUT2D eigenvalue weighted by Gasteiger charge is 2.20. The molecule has 6 heteroatoms. The number of esters is 1. The van der Waals surface area contributed by atoms with Crippen LogP contribution in [0.2, 0.25) is 0 Å². The van der Waals surface area contributed by atoms with Crippen molar-refractivity contribution >= 4 is 17.8 Å². The molecule has 1 aliphatic heterocycles. The van der Waals surface area contributed by atoms with Crippen molar-refractivity contribution in [2.75, 3.05) is 26.8 Å². The van der Waals surface area contributed by atoms with Gasteiger partial charge in [-0.3, -0.25) is 4.79 Å². The Balaban J connectivity index is 1.88. The standard InChI is InChI=1S/C15H17NO5/c1-20-14(18)12-6-4-11(5-7-12)13(17)10-21-15(19)16-8-2-3-9-16/h4-7H,2-3,8-10H2,1H3. The van der Waals surface area contributed by atoms with Gasteiger partial charge in [0.2, 0.25) is 0 Å². The molecule has 1 fully saturated rings. The van der Waals surface area contributed by atoms with Crippen molar-refractivity contribution in [1.82, 2.24) is 4.90 Å². The van der Waals surface area contributed by atoms with E-state index in [-0.39, 0.29) is 12.4 Å². The molecule has 1 aromatic rings. The molecule has 0 aliphatic carbocycles. The SMILES string of the molecule is COC(=O)c1ccc(C(=O)COC(=O)N2CCCC2)cc1. The lowest BCUT2D eigenvalue weighted by Gasteiger charge is -2.14. The number of ether oxygens (including phenoxy) is 2. The van der Waals surface area contributed by atoms with E-state index in [9.17, 15) is 14.4 Å². The lowest BCUT2D eigenvalue weighted by Crippen LogP contribution is -2.30. The van der Waals surface area contributed by atoms with Gasteiger partial charge in [-0.1, -0.05) is 12.1 Å². The molecular weight excluding hydrogens is 274 g/mol. The summed E-state index contributed by atoms with van der Waals surface area (Å²) in [6.07, 6.45) is 1.49. The Morgan fingerprint density at radius 1 is 1.05 bits per heavy atom. The van der Waals surface area contributed by atoms with E-state index in [4.69, 9.17) is 4.74 Å². The average Bonchev–Trinajstić information content (AvgIpc) is 3.06. The van der Waals surface area contributed by atoms with Gasteiger partial charge >= 0.3 is 12.1 Å². The molecule has 0 atom stereocenters. The Kier molecular flexibility index (Phi) is 4.92. The predicted molar refractivity (Wildman–Crippen MR) is 74.3 cm³/mol. The van der Waals surface area contributed by atoms with Crippen LogP contribution in [0.1, 0.15) is 33.6 Å². The number of ketones is 1. The van der Waals surface area contributed by atoms with Crippen LogP contribution in [0.15, 0.2) is 24.3 Å². The van der Waals surface area contributed by atoms with Crippen LogP contribution in [0.5, 0.6) is 0 Å². The lowest BCUT2D eigenvalue weighted by atomic mass is 10.1. The number of likely N-dealkylation sites (tertiary alicyclic amines) is 1. The third kappa shape index (κ3) is 3.81. The van der Waals surface area contributed by atoms with Gasteiger partial charge in [-0.05, 0) is 25.0 Å². The molecule has 0 unspecified atom stereocenters. The maximum absolute atomic E-state index is 11.9. The van der Waals surface area contributed by atoms with Crippen LogP contribution in [-0.4, -0.2) is 49.6 Å². The Bertz CT molecular complexity index is 531. The second kappa shape index (κ2) is 6.88. The second-order valence-corrected chi connectivity index (χ2v) is 4.74. The summed E-state index contributed by atoms with van der Waals surface area (Å²) in [5.41, 5.74) is 0.750. The third-order valence-corrected chi connectivity index (χ3v) is 3.32. The van der Waals surface area contributed by atoms with Crippen LogP contribution in [0, 0.1) is 0 Å². The minimum absolute atomic E-state index is 0.299. The van der Waals surface area contributed by atoms with Crippen molar-refractivity contribution in [1.29, 1.82) is 0 Å². The van der Waals surface area contributed by atoms with E-state index >= 15 is 0 Å². The van der Waals surface area contributed by atoms with E-state index in [1.165, 1.54) is 31.4 Å². The largest absolute Gasteiger partial charge is 0.465 e. The summed E-state index contributed by atoms with van der Waals surface area (Å²) in [5.74, 6) is -0.770. The van der Waals surface area contributed by atoms with Crippen LogP contribution in [-0.2, 0) is 9.47 Å². The molecule has 0 N–H and O–H groups in total. The van der Waals surface area contributed by atoms with Crippen LogP contribution in [0.25, 0.3) is 0 Å². The van der Waals surface area contributed by atoms with Crippen molar-refractivity contribution in [3.8, 4) is 0 Å². The molecular formula is C15H17NO5. The first-order valence-corrected chi connectivity index (χ1v) is 6.75. The quantitative estimate of drug-likeness (QED) is 0.625. The zero-order valence-electron chi connectivity index (χ0n) is 11.8. The van der Waals surface area contributed by atoms with Crippen molar-refractivity contribution in [3.05, 3.63) is 35.4 Å². The van der Waals surface area contributed by atoms with Crippen molar-refractivity contribution in [2.24, 2.45) is 0 Å². The first-order chi connectivity index (χ1) is 10.1. The fourth-order valence-electron chi connectivity index (χ4n) is 2.11. The molecule has 1 aliphatic rings. The molecule has 0 bridgehead atoms. The van der Waals surface area contributed by atoms with E-state index in [1.54, 1.807) is 4.90 Å². The normalized spacial score (nSPS) is 13.9. The maximum Gasteiger partial charge on any atom is 0.410 e. The Labute approximate surface area is 122 Å². The highest BCUT2D eigenvalue weighted by atomic mass is 16.6. The fraction of sp³-hybridized carbons (Fsp3) is 0.400. The molecule has 0 aromatic heterocycles. The number of hydrogen-bond donors (Lipinski definition) is 0. The van der Waals surface area contributed by atoms with Gasteiger partial charge in [-0.25, -0.2) is 9.59 Å². The molecule has 1 heterocycles. The number of amides is 1. The summed E-state index contributed by atoms with van der Waals surface area (Å²) in [6, 6.07) is 6.03. The molecule has 2 rings (SSSR count). The zero-order chi connectivity index (χ0) is 15.2. The minimum atomic E-state index is -0.463. The maximum atomic E-state index is 11.9. The van der Waals surface area contributed by atoms with Gasteiger partial charge in [-0.15, -0.1) is 0 Å². The summed E-state index contributed by atoms with van der Waals surface area (Å²) < 4.78 is 9.56. The number of carbonyl (C=O) groups is 3. The van der Waals surface area contributed by atoms with E-state index < -0.39 is 12.1 Å². The molecule has 0 radical (unpaired) electrons. The molecule has 1 saturated heterocycles. The van der Waals surface area contributed by atoms with Gasteiger partial charge in [0.25, 0.3) is 0 Å². The average molecular weight is 291 g/mol. The van der Waals surface area contributed by atoms with Crippen LogP contribution in [0.4, 0.5) is 4.79 Å². The Morgan fingerprint density at radius 3 is 2.19 bits per heavy atom. The number of methoxy groups -OCH3 is 1. The van der Waals surface area contributed by atoms with Gasteiger partial charge in [-0.2, -0.15) is 0 Å². The van der Waals surface area contributed by atoms with E-state index in [0.717, 1.165) is 12.8 Å². The van der Waals surface area contributed by atoms with Gasteiger partial charge in [0.15, 0.2) is 12.4 Å². The number of nitrogens with zero attached hydrogens (tertiary/aromatic N) is 1. The molecule has 1 aromatic carbocycles. The molecule has 1 amide bonds. The Morgan fingerprint density at radius 2 is 1.62 bits per heavy atom. The van der Waals surface area contributed by atoms with E-state index in [2.05, 4.69) is 4.74 Å². The Hall–Kier alpha value is -2.37. The minimum Gasteiger partial charge on any atom is -0.465 e. The van der Waals surface area contributed by atoms with Crippen LogP contribution < -0.4 is 0 Å². The number of hydrogen-bond acceptors (Lipinski definition) is 5. The number of Topliss-reactive ketones (excluding diaryl/α,β-unsaturated/α-hetero) is 1. The van der Waals surface area contributed by atoms with Gasteiger partial charge in [0, 0.05) is 18.7 Å². The van der Waals surface area contributed by atoms with Gasteiger partial charge in [0.05, 0.1) is 12.7 Å². The highest BCUT2D eigenvalue weighted by molar-refractivity contribution is 5.99. The summed E-state index contributed by atoms with van der Waals surface area (Å²) in [6.45, 7) is 1.06. The number of benzene rings is 1. The molecule has 21 heavy (non-hydrogen) atoms. The van der Waals surface area contributed by atoms with E-state index in [0.29, 0.717) is 24.2 Å². The van der Waals surface area contributed by atoms with Gasteiger partial charge in [0.1, 0.15) is 0 Å². The molecule has 6 nitrogen and oxygen atoms in total. The topological polar surface area (TPSA) is 72.9 Å². The van der Waals surface area contributed by atoms with Gasteiger partial charge < -0.3 is 14.4 Å². The highest BCUT2D eigenvalue weighted by Crippen LogP contribution is 2.10. The number of carbonyl (C=O) groups excluding carboxylic acids is 3. The molecule has 0 saturated carbocycles. The smallest absolute Gasteiger partial charge is 0.410 e.